The van der Waals surface area contributed by atoms with Crippen molar-refractivity contribution in [2.45, 2.75) is 18.4 Å². The van der Waals surface area contributed by atoms with Crippen LogP contribution in [0.3, 0.4) is 0 Å². The number of fused-ring (bicyclic) bond motifs is 3. The Labute approximate surface area is 176 Å². The lowest BCUT2D eigenvalue weighted by Gasteiger charge is -2.38. The first kappa shape index (κ1) is 18.5. The quantitative estimate of drug-likeness (QED) is 0.550. The molecule has 3 aromatic rings. The second-order valence-electron chi connectivity index (χ2n) is 7.81. The third-order valence-corrected chi connectivity index (χ3v) is 6.15. The fraction of sp³-hybridized carbons (Fsp3) is 0.192. The van der Waals surface area contributed by atoms with Gasteiger partial charge in [-0.05, 0) is 42.2 Å². The monoisotopic (exact) mass is 396 g/mol. The highest BCUT2D eigenvalue weighted by atomic mass is 16.5. The lowest BCUT2D eigenvalue weighted by molar-refractivity contribution is 0.102. The first-order chi connectivity index (χ1) is 14.8. The van der Waals surface area contributed by atoms with E-state index in [2.05, 4.69) is 34.9 Å². The zero-order chi connectivity index (χ0) is 20.5. The molecule has 1 aliphatic heterocycles. The standard InChI is InChI=1S/C26H24N2O2/c1-30-23-16-6-5-11-21(23)24-19-13-7-12-18(19)20-14-8-15-22(25(20)28-24)26(29)27-17-9-3-2-4-10-17/h2-12,14-16,18-19,24,28H,13H2,1H3,(H,27,29). The summed E-state index contributed by atoms with van der Waals surface area (Å²) in [7, 11) is 1.71. The van der Waals surface area contributed by atoms with Gasteiger partial charge in [0.2, 0.25) is 0 Å². The summed E-state index contributed by atoms with van der Waals surface area (Å²) >= 11 is 0. The van der Waals surface area contributed by atoms with Crippen molar-refractivity contribution in [2.24, 2.45) is 5.92 Å². The van der Waals surface area contributed by atoms with Crippen LogP contribution in [-0.2, 0) is 0 Å². The van der Waals surface area contributed by atoms with Crippen molar-refractivity contribution < 1.29 is 9.53 Å². The molecule has 0 radical (unpaired) electrons. The molecule has 3 unspecified atom stereocenters. The lowest BCUT2D eigenvalue weighted by atomic mass is 9.76. The average Bonchev–Trinajstić information content (AvgIpc) is 3.29. The number of hydrogen-bond donors (Lipinski definition) is 2. The molecule has 4 nitrogen and oxygen atoms in total. The van der Waals surface area contributed by atoms with E-state index in [0.717, 1.165) is 29.1 Å². The van der Waals surface area contributed by atoms with E-state index in [1.165, 1.54) is 5.56 Å². The van der Waals surface area contributed by atoms with Gasteiger partial charge in [0.1, 0.15) is 5.75 Å². The molecule has 150 valence electrons. The molecule has 3 atom stereocenters. The van der Waals surface area contributed by atoms with Crippen LogP contribution in [0, 0.1) is 5.92 Å². The van der Waals surface area contributed by atoms with Gasteiger partial charge in [-0.15, -0.1) is 0 Å². The van der Waals surface area contributed by atoms with E-state index in [4.69, 9.17) is 4.74 Å². The van der Waals surface area contributed by atoms with E-state index in [-0.39, 0.29) is 17.9 Å². The number of carbonyl (C=O) groups excluding carboxylic acids is 1. The molecule has 0 saturated heterocycles. The number of benzene rings is 3. The molecule has 0 spiro atoms. The molecule has 0 bridgehead atoms. The molecule has 5 rings (SSSR count). The smallest absolute Gasteiger partial charge is 0.257 e. The summed E-state index contributed by atoms with van der Waals surface area (Å²) in [6.45, 7) is 0. The molecule has 3 aromatic carbocycles. The summed E-state index contributed by atoms with van der Waals surface area (Å²) in [4.78, 5) is 13.2. The number of para-hydroxylation sites is 3. The molecule has 0 fully saturated rings. The van der Waals surface area contributed by atoms with Crippen LogP contribution in [0.2, 0.25) is 0 Å². The molecule has 4 heteroatoms. The fourth-order valence-corrected chi connectivity index (χ4v) is 4.76. The minimum absolute atomic E-state index is 0.0688. The van der Waals surface area contributed by atoms with Gasteiger partial charge in [-0.3, -0.25) is 4.79 Å². The average molecular weight is 396 g/mol. The van der Waals surface area contributed by atoms with Gasteiger partial charge in [0, 0.05) is 17.2 Å². The molecule has 1 amide bonds. The van der Waals surface area contributed by atoms with Crippen LogP contribution in [0.15, 0.2) is 84.9 Å². The first-order valence-corrected chi connectivity index (χ1v) is 10.3. The molecule has 2 aliphatic rings. The summed E-state index contributed by atoms with van der Waals surface area (Å²) in [5.41, 5.74) is 4.67. The summed E-state index contributed by atoms with van der Waals surface area (Å²) in [5, 5.41) is 6.74. The minimum atomic E-state index is -0.107. The van der Waals surface area contributed by atoms with Gasteiger partial charge in [0.15, 0.2) is 0 Å². The predicted molar refractivity (Wildman–Crippen MR) is 120 cm³/mol. The fourth-order valence-electron chi connectivity index (χ4n) is 4.76. The zero-order valence-electron chi connectivity index (χ0n) is 16.8. The molecule has 0 saturated carbocycles. The Bertz CT molecular complexity index is 1110. The van der Waals surface area contributed by atoms with Crippen molar-refractivity contribution in [3.05, 3.63) is 102 Å². The van der Waals surface area contributed by atoms with E-state index in [1.807, 2.05) is 60.7 Å². The normalized spacial score (nSPS) is 21.3. The highest BCUT2D eigenvalue weighted by Crippen LogP contribution is 2.51. The number of ether oxygens (including phenoxy) is 1. The van der Waals surface area contributed by atoms with Crippen molar-refractivity contribution in [3.63, 3.8) is 0 Å². The first-order valence-electron chi connectivity index (χ1n) is 10.3. The number of nitrogens with one attached hydrogen (secondary N) is 2. The van der Waals surface area contributed by atoms with Crippen molar-refractivity contribution in [1.29, 1.82) is 0 Å². The molecule has 2 N–H and O–H groups in total. The maximum Gasteiger partial charge on any atom is 0.257 e. The van der Waals surface area contributed by atoms with E-state index >= 15 is 0 Å². The van der Waals surface area contributed by atoms with Gasteiger partial charge in [0.05, 0.1) is 24.4 Å². The van der Waals surface area contributed by atoms with Crippen LogP contribution in [0.5, 0.6) is 5.75 Å². The Kier molecular flexibility index (Phi) is 4.75. The van der Waals surface area contributed by atoms with Gasteiger partial charge in [0.25, 0.3) is 5.91 Å². The summed E-state index contributed by atoms with van der Waals surface area (Å²) < 4.78 is 5.65. The largest absolute Gasteiger partial charge is 0.496 e. The van der Waals surface area contributed by atoms with Crippen LogP contribution < -0.4 is 15.4 Å². The third-order valence-electron chi connectivity index (χ3n) is 6.15. The Morgan fingerprint density at radius 2 is 1.73 bits per heavy atom. The van der Waals surface area contributed by atoms with Gasteiger partial charge >= 0.3 is 0 Å². The minimum Gasteiger partial charge on any atom is -0.496 e. The Balaban J connectivity index is 1.56. The van der Waals surface area contributed by atoms with Crippen LogP contribution in [-0.4, -0.2) is 13.0 Å². The van der Waals surface area contributed by atoms with E-state index in [0.29, 0.717) is 11.5 Å². The van der Waals surface area contributed by atoms with Crippen molar-refractivity contribution in [1.82, 2.24) is 0 Å². The van der Waals surface area contributed by atoms with E-state index in [1.54, 1.807) is 7.11 Å². The summed E-state index contributed by atoms with van der Waals surface area (Å²) in [5.74, 6) is 1.43. The SMILES string of the molecule is COc1ccccc1C1Nc2c(C(=O)Nc3ccccc3)cccc2C2C=CCC21. The maximum atomic E-state index is 13.2. The second kappa shape index (κ2) is 7.71. The number of hydrogen-bond acceptors (Lipinski definition) is 3. The highest BCUT2D eigenvalue weighted by Gasteiger charge is 2.40. The topological polar surface area (TPSA) is 50.4 Å². The van der Waals surface area contributed by atoms with Crippen molar-refractivity contribution in [2.75, 3.05) is 17.7 Å². The highest BCUT2D eigenvalue weighted by molar-refractivity contribution is 6.08. The molecule has 30 heavy (non-hydrogen) atoms. The Morgan fingerprint density at radius 3 is 2.57 bits per heavy atom. The van der Waals surface area contributed by atoms with Gasteiger partial charge in [-0.2, -0.15) is 0 Å². The Hall–Kier alpha value is -3.53. The Morgan fingerprint density at radius 1 is 0.967 bits per heavy atom. The number of rotatable bonds is 4. The van der Waals surface area contributed by atoms with Crippen LogP contribution in [0.4, 0.5) is 11.4 Å². The second-order valence-corrected chi connectivity index (χ2v) is 7.81. The number of methoxy groups -OCH3 is 1. The van der Waals surface area contributed by atoms with Crippen LogP contribution >= 0.6 is 0 Å². The molecule has 1 aliphatic carbocycles. The lowest BCUT2D eigenvalue weighted by Crippen LogP contribution is -2.31. The maximum absolute atomic E-state index is 13.2. The number of allylic oxidation sites excluding steroid dienone is 2. The van der Waals surface area contributed by atoms with Crippen LogP contribution in [0.25, 0.3) is 0 Å². The van der Waals surface area contributed by atoms with Crippen LogP contribution in [0.1, 0.15) is 39.9 Å². The van der Waals surface area contributed by atoms with E-state index < -0.39 is 0 Å². The van der Waals surface area contributed by atoms with Gasteiger partial charge in [-0.25, -0.2) is 0 Å². The number of carbonyl (C=O) groups is 1. The molecule has 1 heterocycles. The number of anilines is 2. The van der Waals surface area contributed by atoms with Gasteiger partial charge < -0.3 is 15.4 Å². The van der Waals surface area contributed by atoms with E-state index in [9.17, 15) is 4.79 Å². The summed E-state index contributed by atoms with van der Waals surface area (Å²) in [6.07, 6.45) is 5.54. The molecule has 0 aromatic heterocycles. The zero-order valence-corrected chi connectivity index (χ0v) is 16.8. The van der Waals surface area contributed by atoms with Gasteiger partial charge in [-0.1, -0.05) is 60.7 Å². The molecular formula is C26H24N2O2. The molecular weight excluding hydrogens is 372 g/mol. The predicted octanol–water partition coefficient (Wildman–Crippen LogP) is 5.77. The summed E-state index contributed by atoms with van der Waals surface area (Å²) in [6, 6.07) is 23.8. The van der Waals surface area contributed by atoms with Crippen molar-refractivity contribution in [3.8, 4) is 5.75 Å². The third kappa shape index (κ3) is 3.14. The number of amides is 1. The van der Waals surface area contributed by atoms with Crippen molar-refractivity contribution >= 4 is 17.3 Å².